The minimum absolute atomic E-state index is 0.0726. The quantitative estimate of drug-likeness (QED) is 0.906. The molecule has 104 valence electrons. The predicted molar refractivity (Wildman–Crippen MR) is 68.6 cm³/mol. The summed E-state index contributed by atoms with van der Waals surface area (Å²) >= 11 is 0. The zero-order valence-corrected chi connectivity index (χ0v) is 11.1. The second-order valence-electron chi connectivity index (χ2n) is 4.68. The summed E-state index contributed by atoms with van der Waals surface area (Å²) in [4.78, 5) is 12.1. The summed E-state index contributed by atoms with van der Waals surface area (Å²) in [6.45, 7) is 2.72. The largest absolute Gasteiger partial charge is 0.379 e. The van der Waals surface area contributed by atoms with Gasteiger partial charge in [-0.1, -0.05) is 0 Å². The van der Waals surface area contributed by atoms with Gasteiger partial charge in [0.25, 0.3) is 5.91 Å². The molecule has 0 aromatic heterocycles. The number of rotatable bonds is 3. The molecular weight excluding hydrogens is 249 g/mol. The average Bonchev–Trinajstić information content (AvgIpc) is 2.42. The molecule has 0 unspecified atom stereocenters. The molecule has 0 bridgehead atoms. The van der Waals surface area contributed by atoms with E-state index >= 15 is 0 Å². The molecule has 0 aliphatic carbocycles. The number of methoxy groups -OCH3 is 1. The Hall–Kier alpha value is -1.46. The van der Waals surface area contributed by atoms with Crippen molar-refractivity contribution in [1.29, 1.82) is 0 Å². The van der Waals surface area contributed by atoms with E-state index in [1.165, 1.54) is 12.1 Å². The molecule has 19 heavy (non-hydrogen) atoms. The van der Waals surface area contributed by atoms with Crippen LogP contribution >= 0.6 is 0 Å². The minimum atomic E-state index is -0.308. The number of halogens is 1. The lowest BCUT2D eigenvalue weighted by atomic mass is 10.0. The molecule has 1 aromatic carbocycles. The van der Waals surface area contributed by atoms with Crippen LogP contribution < -0.4 is 5.32 Å². The second-order valence-corrected chi connectivity index (χ2v) is 4.68. The van der Waals surface area contributed by atoms with E-state index in [9.17, 15) is 9.18 Å². The van der Waals surface area contributed by atoms with Crippen LogP contribution in [0.5, 0.6) is 0 Å². The molecule has 1 N–H and O–H groups in total. The standard InChI is InChI=1S/C14H18FNO3/c1-9-7-10(3-4-11(9)15)14(17)16-12-5-6-19-8-13(12)18-2/h3-4,7,12-13H,5-6,8H2,1-2H3,(H,16,17)/t12-,13-/m1/s1. The summed E-state index contributed by atoms with van der Waals surface area (Å²) < 4.78 is 23.8. The van der Waals surface area contributed by atoms with E-state index in [1.807, 2.05) is 0 Å². The van der Waals surface area contributed by atoms with E-state index < -0.39 is 0 Å². The van der Waals surface area contributed by atoms with Crippen molar-refractivity contribution >= 4 is 5.91 Å². The van der Waals surface area contributed by atoms with Gasteiger partial charge in [-0.3, -0.25) is 4.79 Å². The maximum Gasteiger partial charge on any atom is 0.251 e. The Morgan fingerprint density at radius 2 is 2.32 bits per heavy atom. The molecule has 0 spiro atoms. The van der Waals surface area contributed by atoms with Gasteiger partial charge in [0.1, 0.15) is 11.9 Å². The van der Waals surface area contributed by atoms with Crippen molar-refractivity contribution in [2.24, 2.45) is 0 Å². The molecule has 0 saturated carbocycles. The first-order chi connectivity index (χ1) is 9.11. The van der Waals surface area contributed by atoms with E-state index in [-0.39, 0.29) is 23.9 Å². The van der Waals surface area contributed by atoms with Crippen LogP contribution in [0.4, 0.5) is 4.39 Å². The summed E-state index contributed by atoms with van der Waals surface area (Å²) in [5.41, 5.74) is 0.920. The molecule has 1 aromatic rings. The Balaban J connectivity index is 2.05. The van der Waals surface area contributed by atoms with Crippen LogP contribution in [-0.4, -0.2) is 38.4 Å². The molecule has 1 aliphatic heterocycles. The van der Waals surface area contributed by atoms with Crippen LogP contribution in [0.2, 0.25) is 0 Å². The van der Waals surface area contributed by atoms with Crippen LogP contribution in [0, 0.1) is 12.7 Å². The number of carbonyl (C=O) groups is 1. The topological polar surface area (TPSA) is 47.6 Å². The molecule has 4 nitrogen and oxygen atoms in total. The number of carbonyl (C=O) groups excluding carboxylic acids is 1. The Labute approximate surface area is 111 Å². The lowest BCUT2D eigenvalue weighted by Crippen LogP contribution is -2.49. The van der Waals surface area contributed by atoms with Gasteiger partial charge in [0, 0.05) is 19.3 Å². The van der Waals surface area contributed by atoms with Crippen molar-refractivity contribution in [2.45, 2.75) is 25.5 Å². The number of hydrogen-bond acceptors (Lipinski definition) is 3. The molecule has 1 saturated heterocycles. The Morgan fingerprint density at radius 3 is 3.00 bits per heavy atom. The van der Waals surface area contributed by atoms with Gasteiger partial charge in [0.15, 0.2) is 0 Å². The lowest BCUT2D eigenvalue weighted by molar-refractivity contribution is -0.0479. The molecule has 1 amide bonds. The first-order valence-electron chi connectivity index (χ1n) is 6.29. The van der Waals surface area contributed by atoms with Gasteiger partial charge >= 0.3 is 0 Å². The van der Waals surface area contributed by atoms with E-state index in [0.717, 1.165) is 0 Å². The summed E-state index contributed by atoms with van der Waals surface area (Å²) in [6, 6.07) is 4.27. The summed E-state index contributed by atoms with van der Waals surface area (Å²) in [5, 5.41) is 2.92. The minimum Gasteiger partial charge on any atom is -0.379 e. The zero-order valence-electron chi connectivity index (χ0n) is 11.1. The Bertz CT molecular complexity index is 464. The van der Waals surface area contributed by atoms with Crippen molar-refractivity contribution in [3.63, 3.8) is 0 Å². The van der Waals surface area contributed by atoms with Gasteiger partial charge in [0.2, 0.25) is 0 Å². The number of benzene rings is 1. The van der Waals surface area contributed by atoms with E-state index in [1.54, 1.807) is 20.1 Å². The number of nitrogens with one attached hydrogen (secondary N) is 1. The predicted octanol–water partition coefficient (Wildman–Crippen LogP) is 1.67. The molecule has 2 rings (SSSR count). The molecule has 0 radical (unpaired) electrons. The van der Waals surface area contributed by atoms with E-state index in [2.05, 4.69) is 5.32 Å². The van der Waals surface area contributed by atoms with E-state index in [4.69, 9.17) is 9.47 Å². The van der Waals surface area contributed by atoms with Crippen molar-refractivity contribution in [1.82, 2.24) is 5.32 Å². The Kier molecular flexibility index (Phi) is 4.50. The van der Waals surface area contributed by atoms with Gasteiger partial charge in [0.05, 0.1) is 12.6 Å². The number of ether oxygens (including phenoxy) is 2. The maximum absolute atomic E-state index is 13.2. The Morgan fingerprint density at radius 1 is 1.53 bits per heavy atom. The van der Waals surface area contributed by atoms with Gasteiger partial charge in [-0.15, -0.1) is 0 Å². The summed E-state index contributed by atoms with van der Waals surface area (Å²) in [6.07, 6.45) is 0.573. The van der Waals surface area contributed by atoms with Gasteiger partial charge in [-0.25, -0.2) is 4.39 Å². The fraction of sp³-hybridized carbons (Fsp3) is 0.500. The maximum atomic E-state index is 13.2. The van der Waals surface area contributed by atoms with Crippen molar-refractivity contribution < 1.29 is 18.7 Å². The third-order valence-corrected chi connectivity index (χ3v) is 3.34. The van der Waals surface area contributed by atoms with Gasteiger partial charge in [-0.05, 0) is 37.1 Å². The summed E-state index contributed by atoms with van der Waals surface area (Å²) in [5.74, 6) is -0.519. The van der Waals surface area contributed by atoms with Gasteiger partial charge < -0.3 is 14.8 Å². The van der Waals surface area contributed by atoms with Crippen LogP contribution in [0.25, 0.3) is 0 Å². The molecule has 1 heterocycles. The van der Waals surface area contributed by atoms with Crippen LogP contribution in [0.15, 0.2) is 18.2 Å². The van der Waals surface area contributed by atoms with Crippen LogP contribution in [-0.2, 0) is 9.47 Å². The molecule has 1 aliphatic rings. The van der Waals surface area contributed by atoms with Crippen molar-refractivity contribution in [2.75, 3.05) is 20.3 Å². The third-order valence-electron chi connectivity index (χ3n) is 3.34. The second kappa shape index (κ2) is 6.12. The average molecular weight is 267 g/mol. The summed E-state index contributed by atoms with van der Waals surface area (Å²) in [7, 11) is 1.60. The SMILES string of the molecule is CO[C@@H]1COCC[C@H]1NC(=O)c1ccc(F)c(C)c1. The first-order valence-corrected chi connectivity index (χ1v) is 6.29. The molecule has 5 heteroatoms. The fourth-order valence-corrected chi connectivity index (χ4v) is 2.15. The van der Waals surface area contributed by atoms with Crippen molar-refractivity contribution in [3.8, 4) is 0 Å². The third kappa shape index (κ3) is 3.30. The van der Waals surface area contributed by atoms with Crippen LogP contribution in [0.3, 0.4) is 0 Å². The molecule has 2 atom stereocenters. The van der Waals surface area contributed by atoms with E-state index in [0.29, 0.717) is 30.8 Å². The first kappa shape index (κ1) is 14.0. The molecular formula is C14H18FNO3. The fourth-order valence-electron chi connectivity index (χ4n) is 2.15. The monoisotopic (exact) mass is 267 g/mol. The highest BCUT2D eigenvalue weighted by molar-refractivity contribution is 5.94. The number of amides is 1. The normalized spacial score (nSPS) is 23.1. The number of hydrogen-bond donors (Lipinski definition) is 1. The lowest BCUT2D eigenvalue weighted by Gasteiger charge is -2.31. The van der Waals surface area contributed by atoms with Crippen LogP contribution in [0.1, 0.15) is 22.3 Å². The molecule has 1 fully saturated rings. The van der Waals surface area contributed by atoms with Gasteiger partial charge in [-0.2, -0.15) is 0 Å². The highest BCUT2D eigenvalue weighted by Crippen LogP contribution is 2.13. The highest BCUT2D eigenvalue weighted by atomic mass is 19.1. The highest BCUT2D eigenvalue weighted by Gasteiger charge is 2.27. The smallest absolute Gasteiger partial charge is 0.251 e. The van der Waals surface area contributed by atoms with Crippen molar-refractivity contribution in [3.05, 3.63) is 35.1 Å². The zero-order chi connectivity index (χ0) is 13.8. The number of aryl methyl sites for hydroxylation is 1.